The Balaban J connectivity index is 1.80. The Morgan fingerprint density at radius 3 is 2.56 bits per heavy atom. The molecule has 0 aliphatic heterocycles. The predicted molar refractivity (Wildman–Crippen MR) is 105 cm³/mol. The highest BCUT2D eigenvalue weighted by molar-refractivity contribution is 6.10. The molecule has 5 nitrogen and oxygen atoms in total. The largest absolute Gasteiger partial charge is 0.346 e. The molecule has 27 heavy (non-hydrogen) atoms. The van der Waals surface area contributed by atoms with Crippen molar-refractivity contribution in [1.82, 2.24) is 20.5 Å². The number of nitrogens with zero attached hydrogens (tertiary/aromatic N) is 3. The molecule has 0 unspecified atom stereocenters. The molecule has 0 saturated carbocycles. The Labute approximate surface area is 157 Å². The second kappa shape index (κ2) is 7.33. The second-order valence-corrected chi connectivity index (χ2v) is 6.31. The van der Waals surface area contributed by atoms with Crippen LogP contribution in [0.25, 0.3) is 22.2 Å². The fourth-order valence-electron chi connectivity index (χ4n) is 3.01. The lowest BCUT2D eigenvalue weighted by molar-refractivity contribution is 0.0952. The molecule has 0 fully saturated rings. The summed E-state index contributed by atoms with van der Waals surface area (Å²) in [6.45, 7) is 2.35. The van der Waals surface area contributed by atoms with E-state index >= 15 is 0 Å². The van der Waals surface area contributed by atoms with E-state index in [4.69, 9.17) is 0 Å². The van der Waals surface area contributed by atoms with Crippen LogP contribution in [0, 0.1) is 6.92 Å². The lowest BCUT2D eigenvalue weighted by Gasteiger charge is -2.12. The first-order valence-corrected chi connectivity index (χ1v) is 8.73. The van der Waals surface area contributed by atoms with Crippen molar-refractivity contribution in [1.29, 1.82) is 0 Å². The van der Waals surface area contributed by atoms with E-state index in [0.29, 0.717) is 23.3 Å². The van der Waals surface area contributed by atoms with E-state index in [1.165, 1.54) is 0 Å². The van der Waals surface area contributed by atoms with Gasteiger partial charge in [0, 0.05) is 17.1 Å². The van der Waals surface area contributed by atoms with Crippen molar-refractivity contribution in [3.05, 3.63) is 89.7 Å². The summed E-state index contributed by atoms with van der Waals surface area (Å²) in [4.78, 5) is 17.4. The van der Waals surface area contributed by atoms with Gasteiger partial charge in [-0.2, -0.15) is 0 Å². The summed E-state index contributed by atoms with van der Waals surface area (Å²) >= 11 is 0. The summed E-state index contributed by atoms with van der Waals surface area (Å²) < 4.78 is 0. The van der Waals surface area contributed by atoms with Crippen LogP contribution in [0.4, 0.5) is 0 Å². The molecular formula is C22H18N4O. The van der Waals surface area contributed by atoms with E-state index in [0.717, 1.165) is 22.2 Å². The Morgan fingerprint density at radius 1 is 0.963 bits per heavy atom. The van der Waals surface area contributed by atoms with Gasteiger partial charge in [0.15, 0.2) is 0 Å². The molecule has 1 amide bonds. The molecule has 132 valence electrons. The van der Waals surface area contributed by atoms with Gasteiger partial charge in [-0.05, 0) is 31.2 Å². The lowest BCUT2D eigenvalue weighted by atomic mass is 10.00. The fraction of sp³-hybridized carbons (Fsp3) is 0.0909. The number of hydrogen-bond donors (Lipinski definition) is 1. The van der Waals surface area contributed by atoms with Gasteiger partial charge in [0.2, 0.25) is 0 Å². The maximum absolute atomic E-state index is 13.1. The summed E-state index contributed by atoms with van der Waals surface area (Å²) in [5.74, 6) is -0.190. The van der Waals surface area contributed by atoms with E-state index in [-0.39, 0.29) is 5.91 Å². The van der Waals surface area contributed by atoms with Crippen LogP contribution in [0.15, 0.2) is 72.9 Å². The molecule has 4 aromatic rings. The molecule has 0 saturated heterocycles. The molecule has 0 radical (unpaired) electrons. The zero-order valence-corrected chi connectivity index (χ0v) is 14.9. The van der Waals surface area contributed by atoms with Gasteiger partial charge in [-0.25, -0.2) is 0 Å². The molecule has 0 spiro atoms. The number of aromatic nitrogens is 3. The highest BCUT2D eigenvalue weighted by Gasteiger charge is 2.19. The van der Waals surface area contributed by atoms with Gasteiger partial charge in [-0.1, -0.05) is 48.0 Å². The summed E-state index contributed by atoms with van der Waals surface area (Å²) in [7, 11) is 0. The minimum absolute atomic E-state index is 0.190. The Bertz CT molecular complexity index is 1100. The molecule has 0 aliphatic carbocycles. The Kier molecular flexibility index (Phi) is 4.58. The quantitative estimate of drug-likeness (QED) is 0.603. The molecule has 1 N–H and O–H groups in total. The third-order valence-electron chi connectivity index (χ3n) is 4.35. The number of aryl methyl sites for hydroxylation is 1. The molecule has 4 rings (SSSR count). The number of rotatable bonds is 4. The van der Waals surface area contributed by atoms with Crippen molar-refractivity contribution in [3.63, 3.8) is 0 Å². The van der Waals surface area contributed by atoms with Crippen molar-refractivity contribution < 1.29 is 4.79 Å². The number of amides is 1. The number of carbonyl (C=O) groups excluding carboxylic acids is 1. The fourth-order valence-corrected chi connectivity index (χ4v) is 3.01. The standard InChI is InChI=1S/C22H18N4O/c1-15-10-11-19-18(13-15)20(21(26-25-19)16-7-3-2-4-8-16)22(27)24-14-17-9-5-6-12-23-17/h2-13H,14H2,1H3,(H,24,27). The van der Waals surface area contributed by atoms with Crippen LogP contribution in [0.2, 0.25) is 0 Å². The molecule has 0 atom stereocenters. The molecule has 0 aliphatic rings. The smallest absolute Gasteiger partial charge is 0.254 e. The van der Waals surface area contributed by atoms with Crippen molar-refractivity contribution in [2.75, 3.05) is 0 Å². The van der Waals surface area contributed by atoms with Crippen LogP contribution in [0.5, 0.6) is 0 Å². The van der Waals surface area contributed by atoms with Gasteiger partial charge in [0.1, 0.15) is 5.69 Å². The van der Waals surface area contributed by atoms with Crippen LogP contribution >= 0.6 is 0 Å². The van der Waals surface area contributed by atoms with Crippen LogP contribution in [0.1, 0.15) is 21.6 Å². The molecule has 5 heteroatoms. The van der Waals surface area contributed by atoms with Crippen LogP contribution < -0.4 is 5.32 Å². The third kappa shape index (κ3) is 3.53. The van der Waals surface area contributed by atoms with Gasteiger partial charge in [-0.3, -0.25) is 9.78 Å². The first-order chi connectivity index (χ1) is 13.2. The monoisotopic (exact) mass is 354 g/mol. The summed E-state index contributed by atoms with van der Waals surface area (Å²) in [6.07, 6.45) is 1.71. The van der Waals surface area contributed by atoms with Crippen molar-refractivity contribution in [2.24, 2.45) is 0 Å². The first-order valence-electron chi connectivity index (χ1n) is 8.73. The number of carbonyl (C=O) groups is 1. The molecular weight excluding hydrogens is 336 g/mol. The zero-order chi connectivity index (χ0) is 18.6. The summed E-state index contributed by atoms with van der Waals surface area (Å²) in [5.41, 5.74) is 4.53. The lowest BCUT2D eigenvalue weighted by Crippen LogP contribution is -2.24. The summed E-state index contributed by atoms with van der Waals surface area (Å²) in [5, 5.41) is 12.4. The average Bonchev–Trinajstić information content (AvgIpc) is 2.72. The number of nitrogens with one attached hydrogen (secondary N) is 1. The first kappa shape index (κ1) is 16.8. The van der Waals surface area contributed by atoms with Gasteiger partial charge in [0.05, 0.1) is 23.3 Å². The summed E-state index contributed by atoms with van der Waals surface area (Å²) in [6, 6.07) is 21.1. The van der Waals surface area contributed by atoms with Gasteiger partial charge in [0.25, 0.3) is 5.91 Å². The van der Waals surface area contributed by atoms with E-state index < -0.39 is 0 Å². The van der Waals surface area contributed by atoms with Crippen molar-refractivity contribution in [2.45, 2.75) is 13.5 Å². The van der Waals surface area contributed by atoms with Gasteiger partial charge in [-0.15, -0.1) is 10.2 Å². The second-order valence-electron chi connectivity index (χ2n) is 6.31. The van der Waals surface area contributed by atoms with Crippen LogP contribution in [0.3, 0.4) is 0 Å². The molecule has 2 aromatic heterocycles. The van der Waals surface area contributed by atoms with Crippen molar-refractivity contribution >= 4 is 16.8 Å². The maximum Gasteiger partial charge on any atom is 0.254 e. The Morgan fingerprint density at radius 2 is 1.78 bits per heavy atom. The van der Waals surface area contributed by atoms with E-state index in [9.17, 15) is 4.79 Å². The number of hydrogen-bond acceptors (Lipinski definition) is 4. The third-order valence-corrected chi connectivity index (χ3v) is 4.35. The SMILES string of the molecule is Cc1ccc2nnc(-c3ccccc3)c(C(=O)NCc3ccccn3)c2c1. The predicted octanol–water partition coefficient (Wildman–Crippen LogP) is 3.93. The normalized spacial score (nSPS) is 10.7. The molecule has 2 heterocycles. The zero-order valence-electron chi connectivity index (χ0n) is 14.9. The van der Waals surface area contributed by atoms with Crippen LogP contribution in [-0.4, -0.2) is 21.1 Å². The topological polar surface area (TPSA) is 67.8 Å². The Hall–Kier alpha value is -3.60. The maximum atomic E-state index is 13.1. The van der Waals surface area contributed by atoms with E-state index in [2.05, 4.69) is 20.5 Å². The highest BCUT2D eigenvalue weighted by atomic mass is 16.1. The minimum Gasteiger partial charge on any atom is -0.346 e. The average molecular weight is 354 g/mol. The van der Waals surface area contributed by atoms with Gasteiger partial charge >= 0.3 is 0 Å². The van der Waals surface area contributed by atoms with E-state index in [1.807, 2.05) is 73.7 Å². The van der Waals surface area contributed by atoms with Crippen LogP contribution in [-0.2, 0) is 6.54 Å². The number of benzene rings is 2. The number of pyridine rings is 1. The van der Waals surface area contributed by atoms with E-state index in [1.54, 1.807) is 6.20 Å². The van der Waals surface area contributed by atoms with Crippen molar-refractivity contribution in [3.8, 4) is 11.3 Å². The molecule has 2 aromatic carbocycles. The molecule has 0 bridgehead atoms. The number of fused-ring (bicyclic) bond motifs is 1. The highest BCUT2D eigenvalue weighted by Crippen LogP contribution is 2.27. The van der Waals surface area contributed by atoms with Gasteiger partial charge < -0.3 is 5.32 Å². The minimum atomic E-state index is -0.190.